The van der Waals surface area contributed by atoms with Crippen LogP contribution >= 0.6 is 0 Å². The maximum Gasteiger partial charge on any atom is 0.405 e. The van der Waals surface area contributed by atoms with E-state index in [1.54, 1.807) is 19.1 Å². The number of nitriles is 1. The van der Waals surface area contributed by atoms with Gasteiger partial charge in [-0.15, -0.1) is 0 Å². The first-order valence-corrected chi connectivity index (χ1v) is 9.25. The lowest BCUT2D eigenvalue weighted by atomic mass is 9.91. The van der Waals surface area contributed by atoms with Gasteiger partial charge >= 0.3 is 6.09 Å². The van der Waals surface area contributed by atoms with E-state index in [2.05, 4.69) is 21.4 Å². The average molecular weight is 382 g/mol. The monoisotopic (exact) mass is 382 g/mol. The van der Waals surface area contributed by atoms with E-state index in [4.69, 9.17) is 9.84 Å². The fourth-order valence-corrected chi connectivity index (χ4v) is 3.19. The summed E-state index contributed by atoms with van der Waals surface area (Å²) in [6, 6.07) is 9.32. The van der Waals surface area contributed by atoms with E-state index in [0.717, 1.165) is 23.4 Å². The van der Waals surface area contributed by atoms with Crippen LogP contribution in [-0.4, -0.2) is 33.3 Å². The minimum absolute atomic E-state index is 0.124. The molecule has 1 aromatic heterocycles. The van der Waals surface area contributed by atoms with Crippen LogP contribution in [0.4, 0.5) is 4.79 Å². The van der Waals surface area contributed by atoms with Crippen molar-refractivity contribution in [3.63, 3.8) is 0 Å². The molecule has 1 heterocycles. The van der Waals surface area contributed by atoms with Crippen LogP contribution in [-0.2, 0) is 6.42 Å². The predicted octanol–water partition coefficient (Wildman–Crippen LogP) is 4.03. The molecule has 148 valence electrons. The van der Waals surface area contributed by atoms with Crippen molar-refractivity contribution in [1.29, 1.82) is 5.26 Å². The van der Waals surface area contributed by atoms with Gasteiger partial charge in [0.1, 0.15) is 24.8 Å². The highest BCUT2D eigenvalue weighted by molar-refractivity contribution is 5.66. The number of amides is 1. The molecule has 28 heavy (non-hydrogen) atoms. The molecule has 1 atom stereocenters. The Kier molecular flexibility index (Phi) is 6.94. The average Bonchev–Trinajstić information content (AvgIpc) is 2.65. The first-order chi connectivity index (χ1) is 13.3. The highest BCUT2D eigenvalue weighted by Crippen LogP contribution is 2.27. The normalized spacial score (nSPS) is 12.9. The summed E-state index contributed by atoms with van der Waals surface area (Å²) in [5, 5.41) is 21.2. The number of carbonyl (C=O) groups is 1. The number of aromatic nitrogens is 2. The van der Waals surface area contributed by atoms with Gasteiger partial charge in [0.2, 0.25) is 0 Å². The largest absolute Gasteiger partial charge is 0.490 e. The van der Waals surface area contributed by atoms with Gasteiger partial charge in [0, 0.05) is 11.3 Å². The summed E-state index contributed by atoms with van der Waals surface area (Å²) < 4.78 is 5.85. The quantitative estimate of drug-likeness (QED) is 0.713. The summed E-state index contributed by atoms with van der Waals surface area (Å²) in [5.41, 5.74) is 2.08. The van der Waals surface area contributed by atoms with Gasteiger partial charge in [-0.3, -0.25) is 0 Å². The Morgan fingerprint density at radius 2 is 2.11 bits per heavy atom. The number of ether oxygens (including phenoxy) is 1. The van der Waals surface area contributed by atoms with Crippen molar-refractivity contribution in [3.05, 3.63) is 41.9 Å². The first-order valence-electron chi connectivity index (χ1n) is 9.25. The van der Waals surface area contributed by atoms with E-state index in [1.807, 2.05) is 32.9 Å². The molecule has 2 rings (SSSR count). The zero-order valence-electron chi connectivity index (χ0n) is 16.7. The number of benzene rings is 1. The molecule has 1 unspecified atom stereocenters. The zero-order valence-corrected chi connectivity index (χ0v) is 16.7. The second kappa shape index (κ2) is 9.18. The van der Waals surface area contributed by atoms with Gasteiger partial charge in [0.15, 0.2) is 0 Å². The molecule has 7 heteroatoms. The molecule has 0 aliphatic heterocycles. The molecule has 1 aromatic carbocycles. The van der Waals surface area contributed by atoms with Crippen LogP contribution in [0.25, 0.3) is 11.3 Å². The fourth-order valence-electron chi connectivity index (χ4n) is 3.19. The van der Waals surface area contributed by atoms with Crippen molar-refractivity contribution in [2.45, 2.75) is 46.1 Å². The number of nitrogens with one attached hydrogen (secondary N) is 1. The molecule has 0 saturated carbocycles. The number of hydrogen-bond acceptors (Lipinski definition) is 5. The molecule has 0 spiro atoms. The first kappa shape index (κ1) is 21.2. The predicted molar refractivity (Wildman–Crippen MR) is 106 cm³/mol. The van der Waals surface area contributed by atoms with Crippen molar-refractivity contribution >= 4 is 6.09 Å². The zero-order chi connectivity index (χ0) is 20.7. The van der Waals surface area contributed by atoms with Crippen LogP contribution in [0.5, 0.6) is 5.75 Å². The van der Waals surface area contributed by atoms with Crippen LogP contribution < -0.4 is 10.1 Å². The number of carboxylic acid groups (broad SMARTS) is 1. The van der Waals surface area contributed by atoms with E-state index >= 15 is 0 Å². The van der Waals surface area contributed by atoms with Gasteiger partial charge in [0.25, 0.3) is 0 Å². The van der Waals surface area contributed by atoms with Gasteiger partial charge in [-0.05, 0) is 49.9 Å². The fraction of sp³-hybridized carbons (Fsp3) is 0.429. The Morgan fingerprint density at radius 1 is 1.36 bits per heavy atom. The Labute approximate surface area is 165 Å². The molecule has 0 aliphatic carbocycles. The SMILES string of the molecule is CCc1cc(-c2ccc(OCC(C)(CC(C)C)NC(=O)O)c(C#N)c2)ncn1. The summed E-state index contributed by atoms with van der Waals surface area (Å²) in [6.45, 7) is 7.98. The Balaban J connectivity index is 2.24. The lowest BCUT2D eigenvalue weighted by molar-refractivity contribution is 0.143. The minimum Gasteiger partial charge on any atom is -0.490 e. The van der Waals surface area contributed by atoms with Crippen molar-refractivity contribution in [3.8, 4) is 23.1 Å². The summed E-state index contributed by atoms with van der Waals surface area (Å²) in [5.74, 6) is 0.696. The van der Waals surface area contributed by atoms with Crippen LogP contribution in [0.15, 0.2) is 30.6 Å². The topological polar surface area (TPSA) is 108 Å². The molecular weight excluding hydrogens is 356 g/mol. The standard InChI is InChI=1S/C21H26N4O3/c1-5-17-9-18(24-13-23-17)15-6-7-19(16(8-15)11-22)28-12-21(4,10-14(2)3)25-20(26)27/h6-9,13-14,25H,5,10,12H2,1-4H3,(H,26,27). The smallest absolute Gasteiger partial charge is 0.405 e. The Morgan fingerprint density at radius 3 is 2.71 bits per heavy atom. The van der Waals surface area contributed by atoms with Gasteiger partial charge < -0.3 is 15.2 Å². The van der Waals surface area contributed by atoms with Crippen LogP contribution in [0.3, 0.4) is 0 Å². The second-order valence-corrected chi connectivity index (χ2v) is 7.45. The van der Waals surface area contributed by atoms with E-state index in [1.165, 1.54) is 6.33 Å². The Bertz CT molecular complexity index is 876. The van der Waals surface area contributed by atoms with E-state index < -0.39 is 11.6 Å². The molecular formula is C21H26N4O3. The van der Waals surface area contributed by atoms with Gasteiger partial charge in [-0.25, -0.2) is 14.8 Å². The number of nitrogens with zero attached hydrogens (tertiary/aromatic N) is 3. The molecule has 0 fully saturated rings. The van der Waals surface area contributed by atoms with Crippen LogP contribution in [0.2, 0.25) is 0 Å². The molecule has 2 aromatic rings. The molecule has 0 bridgehead atoms. The highest BCUT2D eigenvalue weighted by Gasteiger charge is 2.29. The molecule has 1 amide bonds. The summed E-state index contributed by atoms with van der Waals surface area (Å²) in [4.78, 5) is 19.6. The van der Waals surface area contributed by atoms with E-state index in [-0.39, 0.29) is 12.5 Å². The van der Waals surface area contributed by atoms with Gasteiger partial charge in [-0.1, -0.05) is 20.8 Å². The second-order valence-electron chi connectivity index (χ2n) is 7.45. The number of rotatable bonds is 8. The molecule has 0 aliphatic rings. The number of aryl methyl sites for hydroxylation is 1. The van der Waals surface area contributed by atoms with Crippen molar-refractivity contribution in [1.82, 2.24) is 15.3 Å². The maximum absolute atomic E-state index is 11.2. The lowest BCUT2D eigenvalue weighted by Gasteiger charge is -2.31. The van der Waals surface area contributed by atoms with Crippen LogP contribution in [0, 0.1) is 17.2 Å². The van der Waals surface area contributed by atoms with Crippen molar-refractivity contribution in [2.24, 2.45) is 5.92 Å². The van der Waals surface area contributed by atoms with Gasteiger partial charge in [-0.2, -0.15) is 5.26 Å². The van der Waals surface area contributed by atoms with Gasteiger partial charge in [0.05, 0.1) is 16.8 Å². The minimum atomic E-state index is -1.10. The highest BCUT2D eigenvalue weighted by atomic mass is 16.5. The molecule has 7 nitrogen and oxygen atoms in total. The lowest BCUT2D eigenvalue weighted by Crippen LogP contribution is -2.50. The third kappa shape index (κ3) is 5.68. The van der Waals surface area contributed by atoms with Crippen molar-refractivity contribution < 1.29 is 14.6 Å². The molecule has 0 radical (unpaired) electrons. The van der Waals surface area contributed by atoms with E-state index in [0.29, 0.717) is 17.7 Å². The van der Waals surface area contributed by atoms with E-state index in [9.17, 15) is 10.1 Å². The molecule has 2 N–H and O–H groups in total. The molecule has 0 saturated heterocycles. The summed E-state index contributed by atoms with van der Waals surface area (Å²) in [7, 11) is 0. The summed E-state index contributed by atoms with van der Waals surface area (Å²) in [6.07, 6.45) is 1.82. The Hall–Kier alpha value is -3.14. The summed E-state index contributed by atoms with van der Waals surface area (Å²) >= 11 is 0. The van der Waals surface area contributed by atoms with Crippen molar-refractivity contribution in [2.75, 3.05) is 6.61 Å². The number of hydrogen-bond donors (Lipinski definition) is 2. The maximum atomic E-state index is 11.2. The van der Waals surface area contributed by atoms with Crippen LogP contribution in [0.1, 0.15) is 45.4 Å². The third-order valence-corrected chi connectivity index (χ3v) is 4.30. The third-order valence-electron chi connectivity index (χ3n) is 4.30.